The highest BCUT2D eigenvalue weighted by atomic mass is 79.9. The molecule has 2 rings (SSSR count). The van der Waals surface area contributed by atoms with Crippen molar-refractivity contribution in [3.63, 3.8) is 0 Å². The van der Waals surface area contributed by atoms with Crippen molar-refractivity contribution in [2.24, 2.45) is 0 Å². The van der Waals surface area contributed by atoms with E-state index in [1.165, 1.54) is 11.1 Å². The van der Waals surface area contributed by atoms with Gasteiger partial charge in [0.2, 0.25) is 0 Å². The molecule has 0 saturated heterocycles. The van der Waals surface area contributed by atoms with Crippen molar-refractivity contribution in [3.8, 4) is 6.07 Å². The summed E-state index contributed by atoms with van der Waals surface area (Å²) in [4.78, 5) is 18.1. The van der Waals surface area contributed by atoms with E-state index in [9.17, 15) is 4.79 Å². The molecule has 1 amide bonds. The molecular weight excluding hydrogens is 318 g/mol. The van der Waals surface area contributed by atoms with Crippen LogP contribution in [0, 0.1) is 18.3 Å². The van der Waals surface area contributed by atoms with Crippen LogP contribution < -0.4 is 4.90 Å². The molecule has 0 N–H and O–H groups in total. The van der Waals surface area contributed by atoms with Gasteiger partial charge in [0.05, 0.1) is 5.56 Å². The maximum Gasteiger partial charge on any atom is 0.259 e. The van der Waals surface area contributed by atoms with E-state index >= 15 is 0 Å². The molecule has 0 fully saturated rings. The molecule has 5 heteroatoms. The number of amides is 1. The van der Waals surface area contributed by atoms with Crippen LogP contribution >= 0.6 is 15.9 Å². The fourth-order valence-corrected chi connectivity index (χ4v) is 2.12. The van der Waals surface area contributed by atoms with Crippen molar-refractivity contribution in [1.82, 2.24) is 4.98 Å². The first-order valence-corrected chi connectivity index (χ1v) is 6.72. The largest absolute Gasteiger partial charge is 0.296 e. The van der Waals surface area contributed by atoms with Crippen molar-refractivity contribution >= 4 is 27.7 Å². The molecule has 1 aromatic heterocycles. The van der Waals surface area contributed by atoms with Gasteiger partial charge < -0.3 is 0 Å². The lowest BCUT2D eigenvalue weighted by atomic mass is 10.1. The number of anilines is 1. The second kappa shape index (κ2) is 5.85. The Morgan fingerprint density at radius 3 is 2.70 bits per heavy atom. The summed E-state index contributed by atoms with van der Waals surface area (Å²) in [6, 6.07) is 10.9. The highest BCUT2D eigenvalue weighted by molar-refractivity contribution is 9.10. The summed E-state index contributed by atoms with van der Waals surface area (Å²) in [5.41, 5.74) is 1.99. The molecule has 100 valence electrons. The summed E-state index contributed by atoms with van der Waals surface area (Å²) < 4.78 is 0.854. The molecule has 0 spiro atoms. The molecule has 1 heterocycles. The predicted molar refractivity (Wildman–Crippen MR) is 80.6 cm³/mol. The molecule has 0 saturated carbocycles. The Morgan fingerprint density at radius 2 is 2.10 bits per heavy atom. The minimum absolute atomic E-state index is 0.138. The fourth-order valence-electron chi connectivity index (χ4n) is 1.76. The fraction of sp³-hybridized carbons (Fsp3) is 0.133. The summed E-state index contributed by atoms with van der Waals surface area (Å²) in [5, 5.41) is 8.75. The zero-order valence-electron chi connectivity index (χ0n) is 11.1. The molecule has 20 heavy (non-hydrogen) atoms. The summed E-state index contributed by atoms with van der Waals surface area (Å²) in [5.74, 6) is 0.370. The van der Waals surface area contributed by atoms with Gasteiger partial charge >= 0.3 is 0 Å². The topological polar surface area (TPSA) is 57.0 Å². The molecule has 1 aromatic carbocycles. The number of benzene rings is 1. The van der Waals surface area contributed by atoms with Crippen molar-refractivity contribution in [3.05, 3.63) is 57.7 Å². The molecule has 0 aliphatic carbocycles. The zero-order chi connectivity index (χ0) is 14.7. The molecule has 0 radical (unpaired) electrons. The SMILES string of the molecule is Cc1ccc(Br)cc1C(=O)N(C)c1ccc(C#N)cn1. The molecule has 0 aliphatic heterocycles. The van der Waals surface area contributed by atoms with E-state index < -0.39 is 0 Å². The number of halogens is 1. The Hall–Kier alpha value is -2.19. The smallest absolute Gasteiger partial charge is 0.259 e. The zero-order valence-corrected chi connectivity index (χ0v) is 12.7. The van der Waals surface area contributed by atoms with Gasteiger partial charge in [-0.05, 0) is 36.8 Å². The number of hydrogen-bond donors (Lipinski definition) is 0. The Balaban J connectivity index is 2.32. The molecular formula is C15H12BrN3O. The third kappa shape index (κ3) is 2.86. The molecule has 2 aromatic rings. The normalized spacial score (nSPS) is 9.90. The van der Waals surface area contributed by atoms with Crippen LogP contribution in [0.3, 0.4) is 0 Å². The number of nitriles is 1. The third-order valence-corrected chi connectivity index (χ3v) is 3.45. The maximum atomic E-state index is 12.5. The van der Waals surface area contributed by atoms with Gasteiger partial charge in [-0.25, -0.2) is 4.98 Å². The van der Waals surface area contributed by atoms with Gasteiger partial charge in [-0.1, -0.05) is 22.0 Å². The van der Waals surface area contributed by atoms with Gasteiger partial charge in [0.25, 0.3) is 5.91 Å². The number of aryl methyl sites for hydroxylation is 1. The van der Waals surface area contributed by atoms with E-state index in [1.54, 1.807) is 25.2 Å². The first-order valence-electron chi connectivity index (χ1n) is 5.93. The van der Waals surface area contributed by atoms with Gasteiger partial charge in [-0.2, -0.15) is 5.26 Å². The standard InChI is InChI=1S/C15H12BrN3O/c1-10-3-5-12(16)7-13(10)15(20)19(2)14-6-4-11(8-17)9-18-14/h3-7,9H,1-2H3. The first kappa shape index (κ1) is 14.2. The van der Waals surface area contributed by atoms with Crippen molar-refractivity contribution in [2.75, 3.05) is 11.9 Å². The minimum atomic E-state index is -0.138. The van der Waals surface area contributed by atoms with Crippen LogP contribution in [0.25, 0.3) is 0 Å². The number of hydrogen-bond acceptors (Lipinski definition) is 3. The van der Waals surface area contributed by atoms with E-state index in [0.717, 1.165) is 10.0 Å². The minimum Gasteiger partial charge on any atom is -0.296 e. The highest BCUT2D eigenvalue weighted by Gasteiger charge is 2.16. The van der Waals surface area contributed by atoms with E-state index in [4.69, 9.17) is 5.26 Å². The van der Waals surface area contributed by atoms with Crippen molar-refractivity contribution in [2.45, 2.75) is 6.92 Å². The van der Waals surface area contributed by atoms with Crippen LogP contribution in [-0.4, -0.2) is 17.9 Å². The average Bonchev–Trinajstić information content (AvgIpc) is 2.48. The summed E-state index contributed by atoms with van der Waals surface area (Å²) in [6.45, 7) is 1.89. The number of carbonyl (C=O) groups excluding carboxylic acids is 1. The average molecular weight is 330 g/mol. The van der Waals surface area contributed by atoms with Gasteiger partial charge in [-0.15, -0.1) is 0 Å². The highest BCUT2D eigenvalue weighted by Crippen LogP contribution is 2.19. The van der Waals surface area contributed by atoms with E-state index in [0.29, 0.717) is 16.9 Å². The summed E-state index contributed by atoms with van der Waals surface area (Å²) >= 11 is 3.37. The van der Waals surface area contributed by atoms with Crippen LogP contribution in [0.4, 0.5) is 5.82 Å². The van der Waals surface area contributed by atoms with Gasteiger partial charge in [0.15, 0.2) is 0 Å². The second-order valence-corrected chi connectivity index (χ2v) is 5.26. The van der Waals surface area contributed by atoms with Crippen LogP contribution in [0.5, 0.6) is 0 Å². The molecule has 0 aliphatic rings. The third-order valence-electron chi connectivity index (χ3n) is 2.96. The summed E-state index contributed by atoms with van der Waals surface area (Å²) in [6.07, 6.45) is 1.45. The number of aromatic nitrogens is 1. The van der Waals surface area contributed by atoms with E-state index in [-0.39, 0.29) is 5.91 Å². The predicted octanol–water partition coefficient (Wildman–Crippen LogP) is 3.30. The van der Waals surface area contributed by atoms with Gasteiger partial charge in [0.1, 0.15) is 11.9 Å². The van der Waals surface area contributed by atoms with Crippen LogP contribution in [-0.2, 0) is 0 Å². The molecule has 4 nitrogen and oxygen atoms in total. The van der Waals surface area contributed by atoms with Gasteiger partial charge in [-0.3, -0.25) is 9.69 Å². The van der Waals surface area contributed by atoms with Crippen molar-refractivity contribution < 1.29 is 4.79 Å². The number of rotatable bonds is 2. The van der Waals surface area contributed by atoms with Crippen LogP contribution in [0.1, 0.15) is 21.5 Å². The number of nitrogens with zero attached hydrogens (tertiary/aromatic N) is 3. The van der Waals surface area contributed by atoms with Crippen molar-refractivity contribution in [1.29, 1.82) is 5.26 Å². The maximum absolute atomic E-state index is 12.5. The lowest BCUT2D eigenvalue weighted by Crippen LogP contribution is -2.27. The molecule has 0 unspecified atom stereocenters. The number of carbonyl (C=O) groups is 1. The lowest BCUT2D eigenvalue weighted by Gasteiger charge is -2.17. The first-order chi connectivity index (χ1) is 9.52. The van der Waals surface area contributed by atoms with E-state index in [2.05, 4.69) is 20.9 Å². The second-order valence-electron chi connectivity index (χ2n) is 4.34. The van der Waals surface area contributed by atoms with E-state index in [1.807, 2.05) is 25.1 Å². The van der Waals surface area contributed by atoms with Crippen LogP contribution in [0.15, 0.2) is 41.0 Å². The molecule has 0 bridgehead atoms. The number of pyridine rings is 1. The Bertz CT molecular complexity index is 689. The lowest BCUT2D eigenvalue weighted by molar-refractivity contribution is 0.0991. The summed E-state index contributed by atoms with van der Waals surface area (Å²) in [7, 11) is 1.66. The Labute approximate surface area is 125 Å². The Kier molecular flexibility index (Phi) is 4.16. The quantitative estimate of drug-likeness (QED) is 0.849. The van der Waals surface area contributed by atoms with Crippen LogP contribution in [0.2, 0.25) is 0 Å². The Morgan fingerprint density at radius 1 is 1.35 bits per heavy atom. The monoisotopic (exact) mass is 329 g/mol. The van der Waals surface area contributed by atoms with Gasteiger partial charge in [0, 0.05) is 23.3 Å². The molecule has 0 atom stereocenters.